The van der Waals surface area contributed by atoms with Crippen molar-refractivity contribution in [2.75, 3.05) is 0 Å². The molecule has 0 amide bonds. The van der Waals surface area contributed by atoms with E-state index in [9.17, 15) is 26.7 Å². The van der Waals surface area contributed by atoms with Gasteiger partial charge in [0.2, 0.25) is 5.76 Å². The highest BCUT2D eigenvalue weighted by Gasteiger charge is 2.49. The van der Waals surface area contributed by atoms with E-state index >= 15 is 0 Å². The van der Waals surface area contributed by atoms with Crippen molar-refractivity contribution in [3.05, 3.63) is 337 Å². The Bertz CT molecular complexity index is 5600. The first-order valence-electron chi connectivity index (χ1n) is 29.9. The van der Waals surface area contributed by atoms with E-state index in [1.54, 1.807) is 30.3 Å². The predicted molar refractivity (Wildman–Crippen MR) is 367 cm³/mol. The third-order valence-electron chi connectivity index (χ3n) is 16.9. The standard InChI is InChI=1S/C30H20N2.C19H12F3NO3S.C18H11NO.C13H9/c1-2-11-21(12-3-1)31-27-18-9-6-15-24(27)30-28(31)19-10-20-29(30)32-25-16-7-4-13-22(25)23-14-5-8-17-26(23)32;20-19(21,22)27(24,25)26-17-12-6-11-16-18(17)14-9-4-5-10-15(14)23(16)13-7-2-1-3-8-13;20-17-12-6-11-16-18(17)14-9-4-5-10-15(14)19(16)13-7-2-1-3-8-13;1-3-7-12-10(5-1)9-11-6-2-4-8-13(11)12/h1-20H;1-12H;1-5,7-12H;1,3-8H,9H2/q;;;+1/p+1. The van der Waals surface area contributed by atoms with Crippen LogP contribution >= 0.6 is 0 Å². The van der Waals surface area contributed by atoms with Crippen LogP contribution in [0.4, 0.5) is 13.2 Å². The van der Waals surface area contributed by atoms with Gasteiger partial charge in [-0.05, 0) is 103 Å². The maximum atomic E-state index is 12.8. The molecular weight excluding hydrogens is 1170 g/mol. The van der Waals surface area contributed by atoms with Crippen molar-refractivity contribution in [3.8, 4) is 28.5 Å². The van der Waals surface area contributed by atoms with Gasteiger partial charge in [-0.3, -0.25) is 4.57 Å². The average Bonchev–Trinajstić information content (AvgIpc) is 1.58. The Morgan fingerprint density at radius 3 is 1.45 bits per heavy atom. The first-order chi connectivity index (χ1) is 45.0. The third-order valence-corrected chi connectivity index (χ3v) is 17.9. The number of hydrogen-bond donors (Lipinski definition) is 1. The molecule has 11 aromatic carbocycles. The van der Waals surface area contributed by atoms with Crippen molar-refractivity contribution >= 4 is 104 Å². The van der Waals surface area contributed by atoms with Gasteiger partial charge in [0, 0.05) is 67.8 Å². The topological polar surface area (TPSA) is 83.3 Å². The zero-order valence-electron chi connectivity index (χ0n) is 49.1. The quantitative estimate of drug-likeness (QED) is 0.102. The average molecular weight is 1220 g/mol. The molecule has 92 heavy (non-hydrogen) atoms. The molecule has 442 valence electrons. The van der Waals surface area contributed by atoms with E-state index in [0.29, 0.717) is 16.3 Å². The van der Waals surface area contributed by atoms with Crippen LogP contribution in [0.25, 0.3) is 116 Å². The van der Waals surface area contributed by atoms with Crippen molar-refractivity contribution in [2.24, 2.45) is 0 Å². The fraction of sp³-hybridized carbons (Fsp3) is 0.0250. The molecule has 0 spiro atoms. The van der Waals surface area contributed by atoms with E-state index in [0.717, 1.165) is 45.5 Å². The number of alkyl halides is 3. The van der Waals surface area contributed by atoms with Crippen LogP contribution in [0.5, 0.6) is 5.75 Å². The molecule has 18 rings (SSSR count). The second-order valence-corrected chi connectivity index (χ2v) is 23.8. The molecule has 0 radical (unpaired) electrons. The lowest BCUT2D eigenvalue weighted by atomic mass is 10.0. The lowest BCUT2D eigenvalue weighted by Gasteiger charge is -2.11. The fourth-order valence-corrected chi connectivity index (χ4v) is 13.6. The third kappa shape index (κ3) is 9.89. The lowest BCUT2D eigenvalue weighted by molar-refractivity contribution is -0.0499. The number of aliphatic hydroxyl groups is 1. The first kappa shape index (κ1) is 56.7. The van der Waals surface area contributed by atoms with E-state index in [1.807, 2.05) is 89.5 Å². The zero-order chi connectivity index (χ0) is 62.5. The van der Waals surface area contributed by atoms with Crippen LogP contribution in [0.3, 0.4) is 0 Å². The second-order valence-electron chi connectivity index (χ2n) is 22.3. The first-order valence-corrected chi connectivity index (χ1v) is 31.3. The SMILES string of the molecule is O=S(=O)(Oc1cccc2c1c1ccccc1n2-c1ccccc1)C(F)(F)F.OC1=C[C+]=Cc2c1c1ccccc1n2-c1ccccc1.[C+]1=CC2=C(C=C1)c1ccccc1C2.c1ccc(-n2c3ccccc3c3c(-n4c5ccccc5c5ccccc54)cccc32)cc1. The molecule has 1 N–H and O–H groups in total. The summed E-state index contributed by atoms with van der Waals surface area (Å²) < 4.78 is 74.7. The summed E-state index contributed by atoms with van der Waals surface area (Å²) in [5.74, 6) is -0.0934. The number of nitrogens with zero attached hydrogens (tertiary/aromatic N) is 4. The summed E-state index contributed by atoms with van der Waals surface area (Å²) >= 11 is 0. The fourth-order valence-electron chi connectivity index (χ4n) is 13.1. The molecule has 0 saturated carbocycles. The minimum absolute atomic E-state index is 0.272. The van der Waals surface area contributed by atoms with E-state index in [1.165, 1.54) is 89.4 Å². The van der Waals surface area contributed by atoms with Crippen LogP contribution < -0.4 is 4.18 Å². The summed E-state index contributed by atoms with van der Waals surface area (Å²) in [5, 5.41) is 17.2. The van der Waals surface area contributed by atoms with E-state index in [2.05, 4.69) is 206 Å². The summed E-state index contributed by atoms with van der Waals surface area (Å²) in [6, 6.07) is 91.0. The monoisotopic (exact) mass is 1220 g/mol. The molecule has 3 aliphatic carbocycles. The van der Waals surface area contributed by atoms with Crippen LogP contribution in [-0.4, -0.2) is 37.3 Å². The van der Waals surface area contributed by atoms with Crippen LogP contribution in [-0.2, 0) is 16.5 Å². The van der Waals surface area contributed by atoms with Gasteiger partial charge in [-0.25, -0.2) is 0 Å². The molecule has 0 atom stereocenters. The van der Waals surface area contributed by atoms with Gasteiger partial charge in [0.05, 0.1) is 72.6 Å². The van der Waals surface area contributed by atoms with Gasteiger partial charge >= 0.3 is 15.6 Å². The number of halogens is 3. The number of aromatic nitrogens is 4. The van der Waals surface area contributed by atoms with Crippen molar-refractivity contribution < 1.29 is 30.9 Å². The number of fused-ring (bicyclic) bond motifs is 14. The lowest BCUT2D eigenvalue weighted by Crippen LogP contribution is -2.28. The Morgan fingerprint density at radius 2 is 0.870 bits per heavy atom. The van der Waals surface area contributed by atoms with E-state index in [4.69, 9.17) is 0 Å². The Balaban J connectivity index is 0.000000106. The van der Waals surface area contributed by atoms with Crippen LogP contribution in [0.15, 0.2) is 303 Å². The van der Waals surface area contributed by atoms with Gasteiger partial charge < -0.3 is 23.0 Å². The molecule has 4 heterocycles. The molecule has 0 fully saturated rings. The summed E-state index contributed by atoms with van der Waals surface area (Å²) in [7, 11) is -5.78. The second kappa shape index (κ2) is 23.3. The van der Waals surface area contributed by atoms with Crippen molar-refractivity contribution in [1.82, 2.24) is 18.3 Å². The molecule has 15 aromatic rings. The maximum absolute atomic E-state index is 12.8. The summed E-state index contributed by atoms with van der Waals surface area (Å²) in [6.45, 7) is 0. The van der Waals surface area contributed by atoms with Gasteiger partial charge in [0.25, 0.3) is 0 Å². The van der Waals surface area contributed by atoms with Crippen molar-refractivity contribution in [2.45, 2.75) is 11.9 Å². The maximum Gasteiger partial charge on any atom is 0.534 e. The minimum Gasteiger partial charge on any atom is -0.448 e. The predicted octanol–water partition coefficient (Wildman–Crippen LogP) is 20.2. The van der Waals surface area contributed by atoms with E-state index < -0.39 is 15.6 Å². The smallest absolute Gasteiger partial charge is 0.448 e. The summed E-state index contributed by atoms with van der Waals surface area (Å²) in [5.41, 5.74) is 13.5. The molecule has 0 unspecified atom stereocenters. The highest BCUT2D eigenvalue weighted by Crippen LogP contribution is 2.43. The molecular formula is C80H53F3N4O4S+2. The Morgan fingerprint density at radius 1 is 0.424 bits per heavy atom. The number of hydrogen-bond acceptors (Lipinski definition) is 4. The number of allylic oxidation sites excluding steroid dienone is 8. The Hall–Kier alpha value is -11.8. The Labute approximate surface area is 527 Å². The number of benzene rings is 11. The van der Waals surface area contributed by atoms with Crippen molar-refractivity contribution in [1.29, 1.82) is 0 Å². The molecule has 0 bridgehead atoms. The van der Waals surface area contributed by atoms with Gasteiger partial charge in [0.1, 0.15) is 24.3 Å². The molecule has 8 nitrogen and oxygen atoms in total. The van der Waals surface area contributed by atoms with Gasteiger partial charge in [-0.15, -0.1) is 0 Å². The van der Waals surface area contributed by atoms with Gasteiger partial charge in [0.15, 0.2) is 17.0 Å². The number of rotatable bonds is 6. The van der Waals surface area contributed by atoms with Crippen LogP contribution in [0.1, 0.15) is 22.4 Å². The molecule has 4 aromatic heterocycles. The zero-order valence-corrected chi connectivity index (χ0v) is 49.9. The summed E-state index contributed by atoms with van der Waals surface area (Å²) in [4.78, 5) is 0. The van der Waals surface area contributed by atoms with Gasteiger partial charge in [-0.1, -0.05) is 176 Å². The molecule has 12 heteroatoms. The van der Waals surface area contributed by atoms with Crippen LogP contribution in [0, 0.1) is 12.2 Å². The molecule has 0 saturated heterocycles. The largest absolute Gasteiger partial charge is 0.534 e. The van der Waals surface area contributed by atoms with Crippen LogP contribution in [0.2, 0.25) is 0 Å². The Kier molecular flexibility index (Phi) is 14.4. The highest BCUT2D eigenvalue weighted by molar-refractivity contribution is 7.88. The molecule has 3 aliphatic rings. The number of para-hydroxylation sites is 8. The normalized spacial score (nSPS) is 13.0. The molecule has 0 aliphatic heterocycles. The van der Waals surface area contributed by atoms with E-state index in [-0.39, 0.29) is 11.5 Å². The van der Waals surface area contributed by atoms with Gasteiger partial charge in [-0.2, -0.15) is 21.6 Å². The van der Waals surface area contributed by atoms with Crippen molar-refractivity contribution in [3.63, 3.8) is 0 Å². The summed E-state index contributed by atoms with van der Waals surface area (Å²) in [6.07, 6.45) is 17.0. The number of aliphatic hydroxyl groups excluding tert-OH is 1. The highest BCUT2D eigenvalue weighted by atomic mass is 32.2. The minimum atomic E-state index is -5.78.